The highest BCUT2D eigenvalue weighted by molar-refractivity contribution is 5.89. The summed E-state index contributed by atoms with van der Waals surface area (Å²) >= 11 is 0. The van der Waals surface area contributed by atoms with Gasteiger partial charge in [-0.2, -0.15) is 10.1 Å². The number of fused-ring (bicyclic) bond motifs is 2. The maximum absolute atomic E-state index is 14.2. The molecule has 0 amide bonds. The Morgan fingerprint density at radius 1 is 1.10 bits per heavy atom. The van der Waals surface area contributed by atoms with Crippen LogP contribution in [0.1, 0.15) is 16.7 Å². The first kappa shape index (κ1) is 18.5. The van der Waals surface area contributed by atoms with Crippen LogP contribution in [0, 0.1) is 12.7 Å². The van der Waals surface area contributed by atoms with Crippen LogP contribution in [0.3, 0.4) is 0 Å². The Morgan fingerprint density at radius 2 is 2.00 bits per heavy atom. The van der Waals surface area contributed by atoms with E-state index in [0.717, 1.165) is 36.1 Å². The van der Waals surface area contributed by atoms with Crippen LogP contribution >= 0.6 is 0 Å². The van der Waals surface area contributed by atoms with Crippen LogP contribution in [0.4, 0.5) is 27.5 Å². The molecule has 3 heterocycles. The van der Waals surface area contributed by atoms with Crippen molar-refractivity contribution in [1.29, 1.82) is 0 Å². The number of aryl methyl sites for hydroxylation is 2. The molecule has 0 radical (unpaired) electrons. The highest BCUT2D eigenvalue weighted by Crippen LogP contribution is 2.27. The van der Waals surface area contributed by atoms with Gasteiger partial charge in [0.1, 0.15) is 5.82 Å². The first-order valence-electron chi connectivity index (χ1n) is 9.89. The summed E-state index contributed by atoms with van der Waals surface area (Å²) in [5.74, 6) is 0.679. The molecule has 1 aliphatic heterocycles. The zero-order valence-corrected chi connectivity index (χ0v) is 16.8. The fourth-order valence-corrected chi connectivity index (χ4v) is 3.73. The number of rotatable bonds is 4. The molecule has 30 heavy (non-hydrogen) atoms. The zero-order chi connectivity index (χ0) is 20.7. The van der Waals surface area contributed by atoms with Gasteiger partial charge in [-0.25, -0.2) is 14.1 Å². The Balaban J connectivity index is 1.43. The fourth-order valence-electron chi connectivity index (χ4n) is 3.73. The van der Waals surface area contributed by atoms with Crippen molar-refractivity contribution in [3.63, 3.8) is 0 Å². The van der Waals surface area contributed by atoms with Gasteiger partial charge in [0.15, 0.2) is 11.5 Å². The van der Waals surface area contributed by atoms with E-state index in [1.807, 2.05) is 19.1 Å². The van der Waals surface area contributed by atoms with Crippen LogP contribution < -0.4 is 16.0 Å². The number of nitrogens with one attached hydrogen (secondary N) is 3. The van der Waals surface area contributed by atoms with Gasteiger partial charge >= 0.3 is 0 Å². The van der Waals surface area contributed by atoms with E-state index in [4.69, 9.17) is 0 Å². The summed E-state index contributed by atoms with van der Waals surface area (Å²) in [7, 11) is 1.81. The molecule has 0 spiro atoms. The van der Waals surface area contributed by atoms with E-state index in [2.05, 4.69) is 43.1 Å². The lowest BCUT2D eigenvalue weighted by Crippen LogP contribution is -2.23. The Hall–Kier alpha value is -3.52. The molecule has 0 saturated heterocycles. The van der Waals surface area contributed by atoms with Crippen LogP contribution in [0.5, 0.6) is 0 Å². The SMILES string of the molecule is Cc1ccc(Nc2nn(C)c3nc(Nc4ccc5c(c4)CNCC5)ncc23)c(F)c1. The van der Waals surface area contributed by atoms with E-state index in [0.29, 0.717) is 23.1 Å². The summed E-state index contributed by atoms with van der Waals surface area (Å²) in [6.45, 7) is 3.74. The second kappa shape index (κ2) is 7.38. The minimum absolute atomic E-state index is 0.324. The van der Waals surface area contributed by atoms with Gasteiger partial charge in [0.25, 0.3) is 0 Å². The van der Waals surface area contributed by atoms with Crippen molar-refractivity contribution in [1.82, 2.24) is 25.1 Å². The van der Waals surface area contributed by atoms with E-state index in [9.17, 15) is 4.39 Å². The normalized spacial score (nSPS) is 13.3. The van der Waals surface area contributed by atoms with Gasteiger partial charge in [-0.15, -0.1) is 0 Å². The third-order valence-electron chi connectivity index (χ3n) is 5.31. The molecule has 3 N–H and O–H groups in total. The molecule has 0 bridgehead atoms. The van der Waals surface area contributed by atoms with Gasteiger partial charge in [0.05, 0.1) is 11.1 Å². The molecule has 1 aliphatic rings. The molecule has 5 rings (SSSR count). The molecule has 2 aromatic heterocycles. The second-order valence-corrected chi connectivity index (χ2v) is 7.55. The van der Waals surface area contributed by atoms with Gasteiger partial charge < -0.3 is 16.0 Å². The van der Waals surface area contributed by atoms with Gasteiger partial charge in [-0.3, -0.25) is 0 Å². The highest BCUT2D eigenvalue weighted by atomic mass is 19.1. The van der Waals surface area contributed by atoms with E-state index in [-0.39, 0.29) is 5.82 Å². The third-order valence-corrected chi connectivity index (χ3v) is 5.31. The van der Waals surface area contributed by atoms with Gasteiger partial charge in [-0.05, 0) is 60.8 Å². The van der Waals surface area contributed by atoms with Crippen LogP contribution in [0.2, 0.25) is 0 Å². The quantitative estimate of drug-likeness (QED) is 0.479. The third kappa shape index (κ3) is 3.46. The van der Waals surface area contributed by atoms with E-state index in [1.165, 1.54) is 17.2 Å². The predicted molar refractivity (Wildman–Crippen MR) is 116 cm³/mol. The maximum atomic E-state index is 14.2. The average Bonchev–Trinajstić information content (AvgIpc) is 3.05. The summed E-state index contributed by atoms with van der Waals surface area (Å²) in [6, 6.07) is 11.4. The lowest BCUT2D eigenvalue weighted by Gasteiger charge is -2.18. The molecule has 0 saturated carbocycles. The van der Waals surface area contributed by atoms with Crippen molar-refractivity contribution in [2.24, 2.45) is 7.05 Å². The minimum atomic E-state index is -0.324. The molecule has 152 valence electrons. The number of aromatic nitrogens is 4. The number of hydrogen-bond donors (Lipinski definition) is 3. The highest BCUT2D eigenvalue weighted by Gasteiger charge is 2.14. The van der Waals surface area contributed by atoms with Crippen molar-refractivity contribution in [2.45, 2.75) is 19.9 Å². The Kier molecular flexibility index (Phi) is 4.55. The smallest absolute Gasteiger partial charge is 0.229 e. The van der Waals surface area contributed by atoms with Gasteiger partial charge in [0.2, 0.25) is 5.95 Å². The van der Waals surface area contributed by atoms with Crippen LogP contribution in [0.15, 0.2) is 42.6 Å². The topological polar surface area (TPSA) is 79.7 Å². The molecule has 0 unspecified atom stereocenters. The van der Waals surface area contributed by atoms with E-state index >= 15 is 0 Å². The van der Waals surface area contributed by atoms with Crippen molar-refractivity contribution in [3.8, 4) is 0 Å². The second-order valence-electron chi connectivity index (χ2n) is 7.55. The lowest BCUT2D eigenvalue weighted by molar-refractivity contribution is 0.630. The summed E-state index contributed by atoms with van der Waals surface area (Å²) < 4.78 is 15.9. The van der Waals surface area contributed by atoms with Gasteiger partial charge in [0, 0.05) is 25.5 Å². The summed E-state index contributed by atoms with van der Waals surface area (Å²) in [5, 5.41) is 14.9. The van der Waals surface area contributed by atoms with Crippen molar-refractivity contribution < 1.29 is 4.39 Å². The summed E-state index contributed by atoms with van der Waals surface area (Å²) in [4.78, 5) is 9.05. The largest absolute Gasteiger partial charge is 0.336 e. The van der Waals surface area contributed by atoms with Crippen LogP contribution in [-0.2, 0) is 20.0 Å². The van der Waals surface area contributed by atoms with Crippen LogP contribution in [-0.4, -0.2) is 26.3 Å². The Morgan fingerprint density at radius 3 is 2.87 bits per heavy atom. The Bertz CT molecular complexity index is 1250. The predicted octanol–water partition coefficient (Wildman–Crippen LogP) is 3.94. The zero-order valence-electron chi connectivity index (χ0n) is 16.8. The molecular formula is C22H22FN7. The van der Waals surface area contributed by atoms with Crippen LogP contribution in [0.25, 0.3) is 11.0 Å². The standard InChI is InChI=1S/C22H22FN7/c1-13-3-6-19(18(23)9-13)27-20-17-12-25-22(28-21(17)30(2)29-20)26-16-5-4-14-7-8-24-11-15(14)10-16/h3-6,9-10,12,24H,7-8,11H2,1-2H3,(H,27,29)(H,25,26,28). The lowest BCUT2D eigenvalue weighted by atomic mass is 10.0. The number of halogens is 1. The monoisotopic (exact) mass is 403 g/mol. The van der Waals surface area contributed by atoms with Crippen molar-refractivity contribution >= 4 is 34.2 Å². The molecule has 2 aromatic carbocycles. The molecule has 8 heteroatoms. The minimum Gasteiger partial charge on any atom is -0.336 e. The number of hydrogen-bond acceptors (Lipinski definition) is 6. The first-order chi connectivity index (χ1) is 14.6. The maximum Gasteiger partial charge on any atom is 0.229 e. The summed E-state index contributed by atoms with van der Waals surface area (Å²) in [5.41, 5.74) is 5.49. The molecule has 0 fully saturated rings. The van der Waals surface area contributed by atoms with Crippen molar-refractivity contribution in [3.05, 3.63) is 65.1 Å². The number of benzene rings is 2. The van der Waals surface area contributed by atoms with E-state index in [1.54, 1.807) is 24.0 Å². The number of nitrogens with zero attached hydrogens (tertiary/aromatic N) is 4. The fraction of sp³-hybridized carbons (Fsp3) is 0.227. The first-order valence-corrected chi connectivity index (χ1v) is 9.89. The molecular weight excluding hydrogens is 381 g/mol. The van der Waals surface area contributed by atoms with Crippen molar-refractivity contribution in [2.75, 3.05) is 17.2 Å². The van der Waals surface area contributed by atoms with E-state index < -0.39 is 0 Å². The average molecular weight is 403 g/mol. The number of anilines is 4. The van der Waals surface area contributed by atoms with Gasteiger partial charge in [-0.1, -0.05) is 12.1 Å². The molecule has 0 atom stereocenters. The molecule has 4 aromatic rings. The Labute approximate surface area is 173 Å². The molecule has 0 aliphatic carbocycles. The molecule has 7 nitrogen and oxygen atoms in total. The summed E-state index contributed by atoms with van der Waals surface area (Å²) in [6.07, 6.45) is 2.75.